The van der Waals surface area contributed by atoms with Gasteiger partial charge < -0.3 is 15.3 Å². The van der Waals surface area contributed by atoms with Gasteiger partial charge in [0, 0.05) is 42.5 Å². The van der Waals surface area contributed by atoms with E-state index in [-0.39, 0.29) is 12.3 Å². The van der Waals surface area contributed by atoms with E-state index in [1.807, 2.05) is 23.9 Å². The molecule has 0 radical (unpaired) electrons. The molecule has 1 aliphatic heterocycles. The topological polar surface area (TPSA) is 69.6 Å². The van der Waals surface area contributed by atoms with E-state index in [1.165, 1.54) is 0 Å². The van der Waals surface area contributed by atoms with Crippen LogP contribution in [0.5, 0.6) is 0 Å². The van der Waals surface area contributed by atoms with Crippen LogP contribution in [-0.4, -0.2) is 41.6 Å². The van der Waals surface area contributed by atoms with Crippen molar-refractivity contribution in [1.29, 1.82) is 0 Å². The summed E-state index contributed by atoms with van der Waals surface area (Å²) < 4.78 is 0. The molecular weight excluding hydrogens is 336 g/mol. The molecule has 7 heteroatoms. The number of nitrogens with zero attached hydrogens (tertiary/aromatic N) is 1. The number of thioether (sulfide) groups is 1. The number of anilines is 2. The third-order valence-corrected chi connectivity index (χ3v) is 4.81. The van der Waals surface area contributed by atoms with Gasteiger partial charge in [0.1, 0.15) is 0 Å². The molecule has 1 aromatic rings. The Morgan fingerprint density at radius 2 is 1.91 bits per heavy atom. The SMILES string of the molecule is O=C(O)CCCCC(=O)Nc1cc(Cl)ccc1N1CCSCC1. The van der Waals surface area contributed by atoms with E-state index in [9.17, 15) is 9.59 Å². The molecule has 0 bridgehead atoms. The third-order valence-electron chi connectivity index (χ3n) is 3.63. The number of amides is 1. The van der Waals surface area contributed by atoms with Gasteiger partial charge in [-0.25, -0.2) is 0 Å². The van der Waals surface area contributed by atoms with Crippen LogP contribution in [0.3, 0.4) is 0 Å². The van der Waals surface area contributed by atoms with Crippen molar-refractivity contribution in [2.45, 2.75) is 25.7 Å². The highest BCUT2D eigenvalue weighted by Crippen LogP contribution is 2.31. The first-order valence-electron chi connectivity index (χ1n) is 7.70. The fraction of sp³-hybridized carbons (Fsp3) is 0.500. The van der Waals surface area contributed by atoms with E-state index >= 15 is 0 Å². The second-order valence-corrected chi connectivity index (χ2v) is 7.07. The Hall–Kier alpha value is -1.40. The predicted molar refractivity (Wildman–Crippen MR) is 95.7 cm³/mol. The molecule has 1 saturated heterocycles. The normalized spacial score (nSPS) is 14.6. The van der Waals surface area contributed by atoms with E-state index < -0.39 is 5.97 Å². The third kappa shape index (κ3) is 5.95. The zero-order valence-electron chi connectivity index (χ0n) is 12.9. The summed E-state index contributed by atoms with van der Waals surface area (Å²) in [6.45, 7) is 1.90. The number of aliphatic carboxylic acids is 1. The largest absolute Gasteiger partial charge is 0.481 e. The van der Waals surface area contributed by atoms with Crippen molar-refractivity contribution < 1.29 is 14.7 Å². The van der Waals surface area contributed by atoms with Crippen molar-refractivity contribution >= 4 is 46.6 Å². The van der Waals surface area contributed by atoms with Gasteiger partial charge in [0.25, 0.3) is 0 Å². The van der Waals surface area contributed by atoms with Crippen molar-refractivity contribution in [3.8, 4) is 0 Å². The van der Waals surface area contributed by atoms with E-state index in [4.69, 9.17) is 16.7 Å². The second-order valence-electron chi connectivity index (χ2n) is 5.41. The standard InChI is InChI=1S/C16H21ClN2O3S/c17-12-5-6-14(19-7-9-23-10-8-19)13(11-12)18-15(20)3-1-2-4-16(21)22/h5-6,11H,1-4,7-10H2,(H,18,20)(H,21,22). The monoisotopic (exact) mass is 356 g/mol. The molecule has 2 N–H and O–H groups in total. The van der Waals surface area contributed by atoms with Gasteiger partial charge in [-0.05, 0) is 31.0 Å². The highest BCUT2D eigenvalue weighted by molar-refractivity contribution is 7.99. The van der Waals surface area contributed by atoms with E-state index in [0.717, 1.165) is 36.0 Å². The summed E-state index contributed by atoms with van der Waals surface area (Å²) in [4.78, 5) is 24.8. The Balaban J connectivity index is 1.96. The predicted octanol–water partition coefficient (Wildman–Crippen LogP) is 3.48. The average Bonchev–Trinajstić information content (AvgIpc) is 2.52. The maximum atomic E-state index is 12.1. The Labute approximate surface area is 145 Å². The Morgan fingerprint density at radius 3 is 2.61 bits per heavy atom. The molecule has 0 unspecified atom stereocenters. The number of halogens is 1. The molecule has 0 aromatic heterocycles. The first-order valence-corrected chi connectivity index (χ1v) is 9.23. The number of hydrogen-bond donors (Lipinski definition) is 2. The minimum absolute atomic E-state index is 0.0984. The first kappa shape index (κ1) is 17.9. The highest BCUT2D eigenvalue weighted by atomic mass is 35.5. The Kier molecular flexibility index (Phi) is 7.05. The van der Waals surface area contributed by atoms with Crippen LogP contribution in [0.2, 0.25) is 5.02 Å². The lowest BCUT2D eigenvalue weighted by atomic mass is 10.1. The maximum Gasteiger partial charge on any atom is 0.303 e. The molecule has 0 aliphatic carbocycles. The van der Waals surface area contributed by atoms with Gasteiger partial charge in [0.15, 0.2) is 0 Å². The number of hydrogen-bond acceptors (Lipinski definition) is 4. The number of carboxylic acids is 1. The summed E-state index contributed by atoms with van der Waals surface area (Å²) in [6.07, 6.45) is 1.49. The summed E-state index contributed by atoms with van der Waals surface area (Å²) in [5.74, 6) is 1.21. The summed E-state index contributed by atoms with van der Waals surface area (Å²) in [6, 6.07) is 5.55. The quantitative estimate of drug-likeness (QED) is 0.732. The van der Waals surface area contributed by atoms with Gasteiger partial charge in [0.2, 0.25) is 5.91 Å². The van der Waals surface area contributed by atoms with Crippen molar-refractivity contribution in [2.75, 3.05) is 34.8 Å². The van der Waals surface area contributed by atoms with Crippen LogP contribution >= 0.6 is 23.4 Å². The van der Waals surface area contributed by atoms with Crippen LogP contribution in [0.1, 0.15) is 25.7 Å². The molecule has 1 aliphatic rings. The lowest BCUT2D eigenvalue weighted by molar-refractivity contribution is -0.137. The Morgan fingerprint density at radius 1 is 1.22 bits per heavy atom. The van der Waals surface area contributed by atoms with Crippen molar-refractivity contribution in [3.63, 3.8) is 0 Å². The number of carboxylic acid groups (broad SMARTS) is 1. The summed E-state index contributed by atoms with van der Waals surface area (Å²) >= 11 is 7.99. The molecule has 2 rings (SSSR count). The number of rotatable bonds is 7. The van der Waals surface area contributed by atoms with Crippen molar-refractivity contribution in [3.05, 3.63) is 23.2 Å². The molecule has 1 heterocycles. The van der Waals surface area contributed by atoms with Gasteiger partial charge in [-0.2, -0.15) is 11.8 Å². The minimum atomic E-state index is -0.828. The average molecular weight is 357 g/mol. The number of benzene rings is 1. The van der Waals surface area contributed by atoms with Crippen LogP contribution in [0.15, 0.2) is 18.2 Å². The lowest BCUT2D eigenvalue weighted by Crippen LogP contribution is -2.33. The fourth-order valence-electron chi connectivity index (χ4n) is 2.46. The second kappa shape index (κ2) is 9.03. The first-order chi connectivity index (χ1) is 11.1. The molecular formula is C16H21ClN2O3S. The number of nitrogens with one attached hydrogen (secondary N) is 1. The lowest BCUT2D eigenvalue weighted by Gasteiger charge is -2.30. The summed E-state index contributed by atoms with van der Waals surface area (Å²) in [5, 5.41) is 12.1. The number of carbonyl (C=O) groups is 2. The minimum Gasteiger partial charge on any atom is -0.481 e. The van der Waals surface area contributed by atoms with E-state index in [2.05, 4.69) is 10.2 Å². The zero-order valence-corrected chi connectivity index (χ0v) is 14.5. The fourth-order valence-corrected chi connectivity index (χ4v) is 3.54. The van der Waals surface area contributed by atoms with Gasteiger partial charge >= 0.3 is 5.97 Å². The van der Waals surface area contributed by atoms with Crippen LogP contribution in [-0.2, 0) is 9.59 Å². The molecule has 1 fully saturated rings. The van der Waals surface area contributed by atoms with Crippen LogP contribution < -0.4 is 10.2 Å². The molecule has 126 valence electrons. The van der Waals surface area contributed by atoms with Crippen LogP contribution in [0.25, 0.3) is 0 Å². The van der Waals surface area contributed by atoms with Crippen molar-refractivity contribution in [1.82, 2.24) is 0 Å². The maximum absolute atomic E-state index is 12.1. The van der Waals surface area contributed by atoms with Gasteiger partial charge in [-0.1, -0.05) is 11.6 Å². The van der Waals surface area contributed by atoms with Crippen molar-refractivity contribution in [2.24, 2.45) is 0 Å². The molecule has 0 saturated carbocycles. The molecule has 23 heavy (non-hydrogen) atoms. The van der Waals surface area contributed by atoms with Gasteiger partial charge in [0.05, 0.1) is 11.4 Å². The summed E-state index contributed by atoms with van der Waals surface area (Å²) in [5.41, 5.74) is 1.72. The van der Waals surface area contributed by atoms with Gasteiger partial charge in [-0.3, -0.25) is 9.59 Å². The molecule has 0 spiro atoms. The van der Waals surface area contributed by atoms with Gasteiger partial charge in [-0.15, -0.1) is 0 Å². The van der Waals surface area contributed by atoms with E-state index in [1.54, 1.807) is 6.07 Å². The van der Waals surface area contributed by atoms with Crippen LogP contribution in [0, 0.1) is 0 Å². The number of unbranched alkanes of at least 4 members (excludes halogenated alkanes) is 1. The van der Waals surface area contributed by atoms with E-state index in [0.29, 0.717) is 24.3 Å². The molecule has 1 amide bonds. The number of carbonyl (C=O) groups excluding carboxylic acids is 1. The molecule has 5 nitrogen and oxygen atoms in total. The zero-order chi connectivity index (χ0) is 16.7. The Bertz CT molecular complexity index is 562. The molecule has 0 atom stereocenters. The van der Waals surface area contributed by atoms with Crippen LogP contribution in [0.4, 0.5) is 11.4 Å². The summed E-state index contributed by atoms with van der Waals surface area (Å²) in [7, 11) is 0. The molecule has 1 aromatic carbocycles. The smallest absolute Gasteiger partial charge is 0.303 e. The highest BCUT2D eigenvalue weighted by Gasteiger charge is 2.16.